The Kier molecular flexibility index (Phi) is 6.73. The largest absolute Gasteiger partial charge is 0.456 e. The topological polar surface area (TPSA) is 69.0 Å². The fourth-order valence-corrected chi connectivity index (χ4v) is 4.22. The van der Waals surface area contributed by atoms with E-state index in [-0.39, 0.29) is 24.8 Å². The SMILES string of the molecule is Cl.Cl.Nc1ncc2c(ccn2CCC2CCNCC2)c1-c1cc2ccccc2o1. The van der Waals surface area contributed by atoms with Crippen LogP contribution < -0.4 is 11.1 Å². The first-order valence-corrected chi connectivity index (χ1v) is 9.72. The molecule has 3 N–H and O–H groups in total. The molecule has 5 rings (SSSR count). The van der Waals surface area contributed by atoms with Gasteiger partial charge >= 0.3 is 0 Å². The molecular formula is C22H26Cl2N4O. The molecule has 0 atom stereocenters. The van der Waals surface area contributed by atoms with Crippen molar-refractivity contribution in [3.05, 3.63) is 48.8 Å². The van der Waals surface area contributed by atoms with E-state index in [1.54, 1.807) is 0 Å². The number of nitrogens with two attached hydrogens (primary N) is 1. The molecular weight excluding hydrogens is 407 g/mol. The van der Waals surface area contributed by atoms with Gasteiger partial charge in [-0.2, -0.15) is 0 Å². The standard InChI is InChI=1S/C22H24N4O.2ClH/c23-22-21(20-13-16-3-1-2-4-19(16)27-20)17-8-12-26(18(17)14-25-22)11-7-15-5-9-24-10-6-15;;/h1-4,8,12-15,24H,5-7,9-11H2,(H2,23,25);2*1H. The number of aromatic nitrogens is 2. The average Bonchev–Trinajstić information content (AvgIpc) is 3.31. The molecule has 0 saturated carbocycles. The van der Waals surface area contributed by atoms with Gasteiger partial charge in [-0.1, -0.05) is 18.2 Å². The minimum absolute atomic E-state index is 0. The number of fused-ring (bicyclic) bond motifs is 2. The summed E-state index contributed by atoms with van der Waals surface area (Å²) in [5.41, 5.74) is 9.13. The summed E-state index contributed by atoms with van der Waals surface area (Å²) in [5.74, 6) is 2.10. The maximum absolute atomic E-state index is 6.25. The molecule has 0 unspecified atom stereocenters. The number of nitrogens with zero attached hydrogens (tertiary/aromatic N) is 2. The lowest BCUT2D eigenvalue weighted by molar-refractivity contribution is 0.339. The van der Waals surface area contributed by atoms with Gasteiger partial charge in [0, 0.05) is 23.5 Å². The number of halogens is 2. The number of nitrogens with one attached hydrogen (secondary N) is 1. The van der Waals surface area contributed by atoms with E-state index in [0.29, 0.717) is 5.82 Å². The summed E-state index contributed by atoms with van der Waals surface area (Å²) in [6.07, 6.45) is 7.79. The number of furan rings is 1. The van der Waals surface area contributed by atoms with Gasteiger partial charge in [-0.3, -0.25) is 0 Å². The number of pyridine rings is 1. The van der Waals surface area contributed by atoms with Crippen LogP contribution in [0.4, 0.5) is 5.82 Å². The van der Waals surface area contributed by atoms with Crippen LogP contribution >= 0.6 is 24.8 Å². The number of hydrogen-bond acceptors (Lipinski definition) is 4. The Morgan fingerprint density at radius 3 is 2.72 bits per heavy atom. The third-order valence-electron chi connectivity index (χ3n) is 5.77. The number of hydrogen-bond donors (Lipinski definition) is 2. The summed E-state index contributed by atoms with van der Waals surface area (Å²) >= 11 is 0. The average molecular weight is 433 g/mol. The van der Waals surface area contributed by atoms with Gasteiger partial charge in [0.15, 0.2) is 0 Å². The van der Waals surface area contributed by atoms with Crippen molar-refractivity contribution in [2.45, 2.75) is 25.8 Å². The monoisotopic (exact) mass is 432 g/mol. The van der Waals surface area contributed by atoms with Crippen LogP contribution in [0.1, 0.15) is 19.3 Å². The Morgan fingerprint density at radius 2 is 1.93 bits per heavy atom. The highest BCUT2D eigenvalue weighted by Crippen LogP contribution is 2.36. The molecule has 0 aliphatic carbocycles. The summed E-state index contributed by atoms with van der Waals surface area (Å²) in [5, 5.41) is 5.62. The van der Waals surface area contributed by atoms with Gasteiger partial charge in [-0.25, -0.2) is 4.98 Å². The predicted octanol–water partition coefficient (Wildman–Crippen LogP) is 5.27. The molecule has 4 aromatic rings. The van der Waals surface area contributed by atoms with Crippen LogP contribution in [0.3, 0.4) is 0 Å². The van der Waals surface area contributed by atoms with Crippen molar-refractivity contribution in [3.8, 4) is 11.3 Å². The quantitative estimate of drug-likeness (QED) is 0.460. The van der Waals surface area contributed by atoms with Crippen LogP contribution in [0, 0.1) is 5.92 Å². The lowest BCUT2D eigenvalue weighted by atomic mass is 9.95. The molecule has 154 valence electrons. The summed E-state index contributed by atoms with van der Waals surface area (Å²) in [6.45, 7) is 3.30. The van der Waals surface area contributed by atoms with E-state index < -0.39 is 0 Å². The van der Waals surface area contributed by atoms with Gasteiger partial charge in [-0.15, -0.1) is 24.8 Å². The van der Waals surface area contributed by atoms with E-state index in [9.17, 15) is 0 Å². The van der Waals surface area contributed by atoms with Gasteiger partial charge in [0.2, 0.25) is 0 Å². The lowest BCUT2D eigenvalue weighted by Gasteiger charge is -2.22. The molecule has 1 aromatic carbocycles. The van der Waals surface area contributed by atoms with Gasteiger partial charge in [0.05, 0.1) is 17.3 Å². The maximum Gasteiger partial charge on any atom is 0.139 e. The number of piperidine rings is 1. The normalized spacial score (nSPS) is 14.6. The third kappa shape index (κ3) is 4.08. The summed E-state index contributed by atoms with van der Waals surface area (Å²) < 4.78 is 8.37. The highest BCUT2D eigenvalue weighted by molar-refractivity contribution is 6.00. The minimum atomic E-state index is 0. The van der Waals surface area contributed by atoms with E-state index in [1.165, 1.54) is 19.3 Å². The van der Waals surface area contributed by atoms with E-state index in [1.807, 2.05) is 24.4 Å². The molecule has 3 aromatic heterocycles. The fourth-order valence-electron chi connectivity index (χ4n) is 4.22. The summed E-state index contributed by atoms with van der Waals surface area (Å²) in [4.78, 5) is 4.47. The van der Waals surface area contributed by atoms with Crippen LogP contribution in [0.15, 0.2) is 53.2 Å². The second kappa shape index (κ2) is 9.08. The van der Waals surface area contributed by atoms with Crippen LogP contribution in [0.5, 0.6) is 0 Å². The van der Waals surface area contributed by atoms with E-state index in [0.717, 1.165) is 58.7 Å². The molecule has 7 heteroatoms. The molecule has 5 nitrogen and oxygen atoms in total. The van der Waals surface area contributed by atoms with Crippen molar-refractivity contribution in [1.82, 2.24) is 14.9 Å². The van der Waals surface area contributed by atoms with Crippen molar-refractivity contribution < 1.29 is 4.42 Å². The third-order valence-corrected chi connectivity index (χ3v) is 5.77. The number of para-hydroxylation sites is 1. The van der Waals surface area contributed by atoms with Crippen LogP contribution in [0.25, 0.3) is 33.2 Å². The second-order valence-corrected chi connectivity index (χ2v) is 7.46. The lowest BCUT2D eigenvalue weighted by Crippen LogP contribution is -2.28. The highest BCUT2D eigenvalue weighted by Gasteiger charge is 2.17. The van der Waals surface area contributed by atoms with Gasteiger partial charge < -0.3 is 20.0 Å². The highest BCUT2D eigenvalue weighted by atomic mass is 35.5. The molecule has 0 bridgehead atoms. The molecule has 29 heavy (non-hydrogen) atoms. The van der Waals surface area contributed by atoms with Crippen molar-refractivity contribution in [1.29, 1.82) is 0 Å². The molecule has 1 aliphatic heterocycles. The molecule has 1 aliphatic rings. The number of aryl methyl sites for hydroxylation is 1. The molecule has 4 heterocycles. The number of benzene rings is 1. The van der Waals surface area contributed by atoms with E-state index >= 15 is 0 Å². The predicted molar refractivity (Wildman–Crippen MR) is 124 cm³/mol. The van der Waals surface area contributed by atoms with E-state index in [2.05, 4.69) is 39.3 Å². The Hall–Kier alpha value is -2.21. The Balaban J connectivity index is 0.00000120. The van der Waals surface area contributed by atoms with Crippen LogP contribution in [-0.4, -0.2) is 22.6 Å². The Morgan fingerprint density at radius 1 is 1.14 bits per heavy atom. The second-order valence-electron chi connectivity index (χ2n) is 7.46. The zero-order valence-corrected chi connectivity index (χ0v) is 17.8. The number of nitrogen functional groups attached to an aromatic ring is 1. The first-order valence-electron chi connectivity index (χ1n) is 9.72. The molecule has 0 amide bonds. The zero-order chi connectivity index (χ0) is 18.2. The van der Waals surface area contributed by atoms with Gasteiger partial charge in [0.25, 0.3) is 0 Å². The molecule has 0 radical (unpaired) electrons. The molecule has 1 fully saturated rings. The van der Waals surface area contributed by atoms with Crippen LogP contribution in [0.2, 0.25) is 0 Å². The first-order chi connectivity index (χ1) is 13.3. The van der Waals surface area contributed by atoms with Crippen LogP contribution in [-0.2, 0) is 6.54 Å². The fraction of sp³-hybridized carbons (Fsp3) is 0.318. The minimum Gasteiger partial charge on any atom is -0.456 e. The van der Waals surface area contributed by atoms with E-state index in [4.69, 9.17) is 10.2 Å². The summed E-state index contributed by atoms with van der Waals surface area (Å²) in [7, 11) is 0. The summed E-state index contributed by atoms with van der Waals surface area (Å²) in [6, 6.07) is 12.2. The number of anilines is 1. The van der Waals surface area contributed by atoms with Crippen molar-refractivity contribution in [2.75, 3.05) is 18.8 Å². The molecule has 1 saturated heterocycles. The van der Waals surface area contributed by atoms with Crippen molar-refractivity contribution >= 4 is 52.5 Å². The Bertz CT molecular complexity index is 1070. The number of rotatable bonds is 4. The van der Waals surface area contributed by atoms with Crippen molar-refractivity contribution in [2.24, 2.45) is 5.92 Å². The van der Waals surface area contributed by atoms with Gasteiger partial charge in [-0.05, 0) is 56.5 Å². The van der Waals surface area contributed by atoms with Gasteiger partial charge in [0.1, 0.15) is 17.2 Å². The molecule has 0 spiro atoms. The maximum atomic E-state index is 6.25. The Labute approximate surface area is 182 Å². The first kappa shape index (κ1) is 21.5. The smallest absolute Gasteiger partial charge is 0.139 e. The van der Waals surface area contributed by atoms with Crippen molar-refractivity contribution in [3.63, 3.8) is 0 Å². The zero-order valence-electron chi connectivity index (χ0n) is 16.1.